The Hall–Kier alpha value is -4.92. The molecule has 0 aliphatic carbocycles. The molecule has 2 amide bonds. The summed E-state index contributed by atoms with van der Waals surface area (Å²) in [5.74, 6) is -1.32. The van der Waals surface area contributed by atoms with E-state index in [1.165, 1.54) is 35.3 Å². The number of alkyl halides is 2. The van der Waals surface area contributed by atoms with E-state index in [-0.39, 0.29) is 55.9 Å². The Balaban J connectivity index is 1.51. The van der Waals surface area contributed by atoms with Crippen molar-refractivity contribution in [2.24, 2.45) is 5.73 Å². The smallest absolute Gasteiger partial charge is 0.307 e. The summed E-state index contributed by atoms with van der Waals surface area (Å²) < 4.78 is 39.2. The van der Waals surface area contributed by atoms with Crippen molar-refractivity contribution in [3.05, 3.63) is 81.2 Å². The minimum Gasteiger partial charge on any atom is -0.464 e. The molecule has 5 aromatic heterocycles. The number of pyridine rings is 1. The largest absolute Gasteiger partial charge is 0.464 e. The Morgan fingerprint density at radius 3 is 2.76 bits per heavy atom. The molecule has 0 spiro atoms. The number of hydrogen-bond acceptors (Lipinski definition) is 9. The van der Waals surface area contributed by atoms with Crippen LogP contribution >= 0.6 is 11.3 Å². The van der Waals surface area contributed by atoms with Gasteiger partial charge in [-0.15, -0.1) is 11.3 Å². The minimum atomic E-state index is -2.90. The molecule has 15 heteroatoms. The van der Waals surface area contributed by atoms with Crippen molar-refractivity contribution in [3.63, 3.8) is 0 Å². The van der Waals surface area contributed by atoms with Crippen molar-refractivity contribution in [1.29, 1.82) is 0 Å². The summed E-state index contributed by atoms with van der Waals surface area (Å²) in [6.07, 6.45) is 0.735. The Morgan fingerprint density at radius 2 is 2.11 bits per heavy atom. The standard InChI is InChI=1S/C22H14F2N6O6S/c23-19(24)13-6-12(14-2-1-5-35-14)16-17(18(20(25)31)37-22(16)27-13)28-21(32)15-4-3-11(36-15)9-29-8-10(7-26-29)30(33)34/h1-8,19H,9H2,(H2,25,31)(H,28,32). The second-order valence-corrected chi connectivity index (χ2v) is 8.60. The molecule has 0 unspecified atom stereocenters. The fraction of sp³-hybridized carbons (Fsp3) is 0.0909. The molecule has 188 valence electrons. The van der Waals surface area contributed by atoms with Crippen LogP contribution in [0.1, 0.15) is 38.1 Å². The Labute approximate surface area is 208 Å². The van der Waals surface area contributed by atoms with Crippen LogP contribution in [0.3, 0.4) is 0 Å². The van der Waals surface area contributed by atoms with Crippen molar-refractivity contribution < 1.29 is 32.1 Å². The van der Waals surface area contributed by atoms with Gasteiger partial charge in [-0.2, -0.15) is 5.10 Å². The zero-order valence-corrected chi connectivity index (χ0v) is 19.2. The van der Waals surface area contributed by atoms with E-state index in [4.69, 9.17) is 14.6 Å². The number of fused-ring (bicyclic) bond motifs is 1. The predicted molar refractivity (Wildman–Crippen MR) is 125 cm³/mol. The maximum atomic E-state index is 13.5. The van der Waals surface area contributed by atoms with Crippen LogP contribution in [0.2, 0.25) is 0 Å². The average Bonchev–Trinajstić information content (AvgIpc) is 3.65. The van der Waals surface area contributed by atoms with Gasteiger partial charge in [0.05, 0.1) is 23.4 Å². The molecule has 0 bridgehead atoms. The van der Waals surface area contributed by atoms with Gasteiger partial charge in [-0.1, -0.05) is 0 Å². The molecular weight excluding hydrogens is 514 g/mol. The summed E-state index contributed by atoms with van der Waals surface area (Å²) >= 11 is 0.751. The van der Waals surface area contributed by atoms with Crippen molar-refractivity contribution in [2.45, 2.75) is 13.0 Å². The summed E-state index contributed by atoms with van der Waals surface area (Å²) in [5.41, 5.74) is 4.92. The Bertz CT molecular complexity index is 1660. The monoisotopic (exact) mass is 528 g/mol. The molecule has 0 aliphatic rings. The highest BCUT2D eigenvalue weighted by Crippen LogP contribution is 2.42. The van der Waals surface area contributed by atoms with Gasteiger partial charge in [-0.25, -0.2) is 13.8 Å². The van der Waals surface area contributed by atoms with Crippen molar-refractivity contribution in [1.82, 2.24) is 14.8 Å². The first-order valence-electron chi connectivity index (χ1n) is 10.4. The van der Waals surface area contributed by atoms with E-state index >= 15 is 0 Å². The fourth-order valence-electron chi connectivity index (χ4n) is 3.60. The normalized spacial score (nSPS) is 11.3. The highest BCUT2D eigenvalue weighted by atomic mass is 32.1. The highest BCUT2D eigenvalue weighted by molar-refractivity contribution is 7.21. The number of halogens is 2. The number of nitrogens with zero attached hydrogens (tertiary/aromatic N) is 4. The second kappa shape index (κ2) is 9.27. The molecule has 5 aromatic rings. The topological polar surface area (TPSA) is 172 Å². The average molecular weight is 528 g/mol. The molecule has 0 atom stereocenters. The van der Waals surface area contributed by atoms with E-state index in [0.29, 0.717) is 0 Å². The molecule has 0 radical (unpaired) electrons. The molecule has 37 heavy (non-hydrogen) atoms. The number of rotatable bonds is 8. The lowest BCUT2D eigenvalue weighted by Crippen LogP contribution is -2.16. The number of furan rings is 2. The van der Waals surface area contributed by atoms with Gasteiger partial charge in [0.1, 0.15) is 39.3 Å². The fourth-order valence-corrected chi connectivity index (χ4v) is 4.62. The number of hydrogen-bond donors (Lipinski definition) is 2. The van der Waals surface area contributed by atoms with Gasteiger partial charge in [0.2, 0.25) is 0 Å². The minimum absolute atomic E-state index is 0.0119. The summed E-state index contributed by atoms with van der Waals surface area (Å²) in [6, 6.07) is 7.06. The zero-order chi connectivity index (χ0) is 26.3. The molecule has 12 nitrogen and oxygen atoms in total. The molecule has 0 saturated carbocycles. The summed E-state index contributed by atoms with van der Waals surface area (Å²) in [4.78, 5) is 39.3. The molecule has 5 rings (SSSR count). The number of nitro groups is 1. The third-order valence-electron chi connectivity index (χ3n) is 5.19. The van der Waals surface area contributed by atoms with Gasteiger partial charge in [-0.3, -0.25) is 24.4 Å². The van der Waals surface area contributed by atoms with Gasteiger partial charge in [0, 0.05) is 10.9 Å². The van der Waals surface area contributed by atoms with Gasteiger partial charge in [-0.05, 0) is 30.3 Å². The summed E-state index contributed by atoms with van der Waals surface area (Å²) in [6.45, 7) is 0.0119. The summed E-state index contributed by atoms with van der Waals surface area (Å²) in [5, 5.41) is 17.5. The lowest BCUT2D eigenvalue weighted by Gasteiger charge is -2.09. The number of amides is 2. The number of nitrogens with two attached hydrogens (primary N) is 1. The van der Waals surface area contributed by atoms with Crippen LogP contribution in [0.4, 0.5) is 20.2 Å². The number of carbonyl (C=O) groups is 2. The first-order valence-corrected chi connectivity index (χ1v) is 11.2. The van der Waals surface area contributed by atoms with Gasteiger partial charge < -0.3 is 19.9 Å². The van der Waals surface area contributed by atoms with E-state index in [0.717, 1.165) is 23.6 Å². The Morgan fingerprint density at radius 1 is 1.30 bits per heavy atom. The molecule has 0 aliphatic heterocycles. The van der Waals surface area contributed by atoms with Crippen LogP contribution in [0.15, 0.2) is 57.8 Å². The van der Waals surface area contributed by atoms with E-state index in [1.54, 1.807) is 6.07 Å². The van der Waals surface area contributed by atoms with E-state index in [1.807, 2.05) is 0 Å². The zero-order valence-electron chi connectivity index (χ0n) is 18.4. The molecule has 0 fully saturated rings. The van der Waals surface area contributed by atoms with E-state index in [9.17, 15) is 28.5 Å². The number of carbonyl (C=O) groups excluding carboxylic acids is 2. The maximum Gasteiger partial charge on any atom is 0.307 e. The van der Waals surface area contributed by atoms with Crippen LogP contribution in [0, 0.1) is 10.1 Å². The molecule has 0 aromatic carbocycles. The van der Waals surface area contributed by atoms with Gasteiger partial charge in [0.15, 0.2) is 5.76 Å². The number of nitrogens with one attached hydrogen (secondary N) is 1. The van der Waals surface area contributed by atoms with Gasteiger partial charge >= 0.3 is 5.69 Å². The number of aromatic nitrogens is 3. The third-order valence-corrected chi connectivity index (χ3v) is 6.29. The highest BCUT2D eigenvalue weighted by Gasteiger charge is 2.26. The predicted octanol–water partition coefficient (Wildman–Crippen LogP) is 4.59. The SMILES string of the molecule is NC(=O)c1sc2nc(C(F)F)cc(-c3ccco3)c2c1NC(=O)c1ccc(Cn2cc([N+](=O)[O-])cn2)o1. The van der Waals surface area contributed by atoms with E-state index in [2.05, 4.69) is 15.4 Å². The lowest BCUT2D eigenvalue weighted by atomic mass is 10.1. The Kier molecular flexibility index (Phi) is 5.96. The quantitative estimate of drug-likeness (QED) is 0.217. The van der Waals surface area contributed by atoms with Crippen molar-refractivity contribution in [2.75, 3.05) is 5.32 Å². The van der Waals surface area contributed by atoms with Crippen LogP contribution in [0.25, 0.3) is 21.5 Å². The van der Waals surface area contributed by atoms with Gasteiger partial charge in [0.25, 0.3) is 18.2 Å². The second-order valence-electron chi connectivity index (χ2n) is 7.60. The van der Waals surface area contributed by atoms with Crippen LogP contribution in [-0.4, -0.2) is 31.5 Å². The molecule has 3 N–H and O–H groups in total. The first kappa shape index (κ1) is 23.8. The number of anilines is 1. The lowest BCUT2D eigenvalue weighted by molar-refractivity contribution is -0.385. The van der Waals surface area contributed by atoms with E-state index < -0.39 is 28.9 Å². The van der Waals surface area contributed by atoms with Crippen molar-refractivity contribution >= 4 is 44.7 Å². The molecule has 5 heterocycles. The first-order chi connectivity index (χ1) is 17.7. The number of thiophene rings is 1. The third kappa shape index (κ3) is 4.54. The maximum absolute atomic E-state index is 13.5. The number of primary amides is 1. The molecular formula is C22H14F2N6O6S. The molecule has 0 saturated heterocycles. The van der Waals surface area contributed by atoms with Crippen molar-refractivity contribution in [3.8, 4) is 11.3 Å². The van der Waals surface area contributed by atoms with Crippen LogP contribution in [-0.2, 0) is 6.54 Å². The summed E-state index contributed by atoms with van der Waals surface area (Å²) in [7, 11) is 0. The van der Waals surface area contributed by atoms with Crippen LogP contribution in [0.5, 0.6) is 0 Å². The van der Waals surface area contributed by atoms with Crippen LogP contribution < -0.4 is 11.1 Å².